The lowest BCUT2D eigenvalue weighted by molar-refractivity contribution is 0.194. The molecule has 0 atom stereocenters. The van der Waals surface area contributed by atoms with E-state index < -0.39 is 6.09 Å². The van der Waals surface area contributed by atoms with Gasteiger partial charge < -0.3 is 15.5 Å². The number of carboxylic acid groups (broad SMARTS) is 1. The fraction of sp³-hybridized carbons (Fsp3) is 0.222. The highest BCUT2D eigenvalue weighted by molar-refractivity contribution is 6.31. The average molecular weight is 216 g/mol. The number of aliphatic hydroxyl groups is 1. The molecular formula is C9H10ClNO3. The van der Waals surface area contributed by atoms with Crippen molar-refractivity contribution in [2.24, 2.45) is 0 Å². The van der Waals surface area contributed by atoms with Crippen LogP contribution in [0, 0.1) is 0 Å². The van der Waals surface area contributed by atoms with Crippen LogP contribution in [0.1, 0.15) is 11.1 Å². The van der Waals surface area contributed by atoms with Crippen molar-refractivity contribution in [3.8, 4) is 0 Å². The van der Waals surface area contributed by atoms with Crippen LogP contribution in [0.15, 0.2) is 18.2 Å². The van der Waals surface area contributed by atoms with Crippen molar-refractivity contribution in [3.63, 3.8) is 0 Å². The molecule has 4 nitrogen and oxygen atoms in total. The molecule has 0 unspecified atom stereocenters. The summed E-state index contributed by atoms with van der Waals surface area (Å²) in [4.78, 5) is 10.2. The van der Waals surface area contributed by atoms with Crippen molar-refractivity contribution in [1.29, 1.82) is 0 Å². The number of hydrogen-bond acceptors (Lipinski definition) is 2. The molecule has 0 radical (unpaired) electrons. The van der Waals surface area contributed by atoms with E-state index >= 15 is 0 Å². The molecule has 0 bridgehead atoms. The zero-order chi connectivity index (χ0) is 10.6. The molecule has 0 spiro atoms. The number of amides is 1. The van der Waals surface area contributed by atoms with Crippen molar-refractivity contribution in [3.05, 3.63) is 34.3 Å². The van der Waals surface area contributed by atoms with E-state index in [0.717, 1.165) is 0 Å². The van der Waals surface area contributed by atoms with Gasteiger partial charge in [0.05, 0.1) is 6.61 Å². The minimum atomic E-state index is -1.09. The predicted octanol–water partition coefficient (Wildman–Crippen LogP) is 1.60. The molecule has 5 heteroatoms. The van der Waals surface area contributed by atoms with E-state index in [1.54, 1.807) is 18.2 Å². The number of nitrogens with one attached hydrogen (secondary N) is 1. The summed E-state index contributed by atoms with van der Waals surface area (Å²) in [5.41, 5.74) is 1.39. The largest absolute Gasteiger partial charge is 0.465 e. The maximum Gasteiger partial charge on any atom is 0.404 e. The molecule has 0 saturated heterocycles. The summed E-state index contributed by atoms with van der Waals surface area (Å²) in [6, 6.07) is 5.00. The molecular weight excluding hydrogens is 206 g/mol. The van der Waals surface area contributed by atoms with E-state index in [1.165, 1.54) is 0 Å². The van der Waals surface area contributed by atoms with Crippen LogP contribution in [0.3, 0.4) is 0 Å². The minimum absolute atomic E-state index is 0.0770. The number of aliphatic hydroxyl groups excluding tert-OH is 1. The van der Waals surface area contributed by atoms with Crippen molar-refractivity contribution in [2.45, 2.75) is 13.2 Å². The first-order valence-electron chi connectivity index (χ1n) is 3.98. The van der Waals surface area contributed by atoms with E-state index in [2.05, 4.69) is 5.32 Å². The van der Waals surface area contributed by atoms with Crippen LogP contribution >= 0.6 is 11.6 Å². The van der Waals surface area contributed by atoms with Gasteiger partial charge in [0, 0.05) is 11.6 Å². The molecule has 1 rings (SSSR count). The Morgan fingerprint density at radius 3 is 2.71 bits per heavy atom. The molecule has 0 aromatic heterocycles. The summed E-state index contributed by atoms with van der Waals surface area (Å²) in [6.07, 6.45) is -1.09. The molecule has 0 heterocycles. The Balaban J connectivity index is 2.73. The van der Waals surface area contributed by atoms with Crippen molar-refractivity contribution in [1.82, 2.24) is 5.32 Å². The molecule has 0 saturated carbocycles. The lowest BCUT2D eigenvalue weighted by Gasteiger charge is -2.05. The summed E-state index contributed by atoms with van der Waals surface area (Å²) < 4.78 is 0. The van der Waals surface area contributed by atoms with Gasteiger partial charge in [-0.3, -0.25) is 0 Å². The molecule has 0 fully saturated rings. The fourth-order valence-corrected chi connectivity index (χ4v) is 1.27. The van der Waals surface area contributed by atoms with Gasteiger partial charge >= 0.3 is 6.09 Å². The fourth-order valence-electron chi connectivity index (χ4n) is 1.00. The van der Waals surface area contributed by atoms with Crippen LogP contribution in [0.25, 0.3) is 0 Å². The number of carbonyl (C=O) groups is 1. The Bertz CT molecular complexity index is 341. The Morgan fingerprint density at radius 2 is 2.21 bits per heavy atom. The van der Waals surface area contributed by atoms with Gasteiger partial charge in [0.15, 0.2) is 0 Å². The number of benzene rings is 1. The smallest absolute Gasteiger partial charge is 0.404 e. The maximum atomic E-state index is 10.2. The van der Waals surface area contributed by atoms with Gasteiger partial charge in [-0.1, -0.05) is 23.7 Å². The SMILES string of the molecule is O=C(O)NCc1ccc(CO)cc1Cl. The van der Waals surface area contributed by atoms with Crippen LogP contribution in [-0.2, 0) is 13.2 Å². The van der Waals surface area contributed by atoms with Gasteiger partial charge in [-0.2, -0.15) is 0 Å². The normalized spacial score (nSPS) is 9.86. The number of hydrogen-bond donors (Lipinski definition) is 3. The molecule has 0 aliphatic rings. The van der Waals surface area contributed by atoms with Crippen LogP contribution in [0.5, 0.6) is 0 Å². The molecule has 1 aromatic rings. The van der Waals surface area contributed by atoms with Gasteiger partial charge in [0.25, 0.3) is 0 Å². The first-order valence-corrected chi connectivity index (χ1v) is 4.36. The van der Waals surface area contributed by atoms with Crippen molar-refractivity contribution < 1.29 is 15.0 Å². The summed E-state index contributed by atoms with van der Waals surface area (Å²) in [5.74, 6) is 0. The van der Waals surface area contributed by atoms with Crippen molar-refractivity contribution in [2.75, 3.05) is 0 Å². The van der Waals surface area contributed by atoms with Crippen molar-refractivity contribution >= 4 is 17.7 Å². The second-order valence-corrected chi connectivity index (χ2v) is 3.15. The second kappa shape index (κ2) is 4.83. The minimum Gasteiger partial charge on any atom is -0.465 e. The number of halogens is 1. The Labute approximate surface area is 86.1 Å². The highest BCUT2D eigenvalue weighted by Gasteiger charge is 2.02. The molecule has 14 heavy (non-hydrogen) atoms. The van der Waals surface area contributed by atoms with E-state index in [1.807, 2.05) is 0 Å². The van der Waals surface area contributed by atoms with E-state index in [9.17, 15) is 4.79 Å². The van der Waals surface area contributed by atoms with Crippen LogP contribution in [0.2, 0.25) is 5.02 Å². The third-order valence-electron chi connectivity index (χ3n) is 1.73. The van der Waals surface area contributed by atoms with Crippen LogP contribution in [-0.4, -0.2) is 16.3 Å². The summed E-state index contributed by atoms with van der Waals surface area (Å²) in [5, 5.41) is 19.8. The van der Waals surface area contributed by atoms with Gasteiger partial charge in [-0.25, -0.2) is 4.79 Å². The van der Waals surface area contributed by atoms with Crippen LogP contribution in [0.4, 0.5) is 4.79 Å². The Morgan fingerprint density at radius 1 is 1.50 bits per heavy atom. The summed E-state index contributed by atoms with van der Waals surface area (Å²) >= 11 is 5.85. The van der Waals surface area contributed by atoms with Gasteiger partial charge in [0.2, 0.25) is 0 Å². The molecule has 3 N–H and O–H groups in total. The summed E-state index contributed by atoms with van der Waals surface area (Å²) in [6.45, 7) is 0.0895. The average Bonchev–Trinajstić information content (AvgIpc) is 2.15. The zero-order valence-corrected chi connectivity index (χ0v) is 8.08. The van der Waals surface area contributed by atoms with Gasteiger partial charge in [0.1, 0.15) is 0 Å². The summed E-state index contributed by atoms with van der Waals surface area (Å²) in [7, 11) is 0. The van der Waals surface area contributed by atoms with Crippen LogP contribution < -0.4 is 5.32 Å². The van der Waals surface area contributed by atoms with E-state index in [4.69, 9.17) is 21.8 Å². The third-order valence-corrected chi connectivity index (χ3v) is 2.08. The van der Waals surface area contributed by atoms with E-state index in [0.29, 0.717) is 16.1 Å². The standard InChI is InChI=1S/C9H10ClNO3/c10-8-3-6(5-12)1-2-7(8)4-11-9(13)14/h1-3,11-12H,4-5H2,(H,13,14). The molecule has 0 aliphatic carbocycles. The molecule has 76 valence electrons. The highest BCUT2D eigenvalue weighted by atomic mass is 35.5. The van der Waals surface area contributed by atoms with E-state index in [-0.39, 0.29) is 13.2 Å². The second-order valence-electron chi connectivity index (χ2n) is 2.74. The first kappa shape index (κ1) is 10.8. The lowest BCUT2D eigenvalue weighted by Crippen LogP contribution is -2.20. The Hall–Kier alpha value is -1.26. The topological polar surface area (TPSA) is 69.6 Å². The molecule has 1 aromatic carbocycles. The maximum absolute atomic E-state index is 10.2. The quantitative estimate of drug-likeness (QED) is 0.717. The highest BCUT2D eigenvalue weighted by Crippen LogP contribution is 2.17. The van der Waals surface area contributed by atoms with Gasteiger partial charge in [-0.05, 0) is 17.2 Å². The Kier molecular flexibility index (Phi) is 3.73. The zero-order valence-electron chi connectivity index (χ0n) is 7.33. The monoisotopic (exact) mass is 215 g/mol. The number of rotatable bonds is 3. The third kappa shape index (κ3) is 2.90. The molecule has 0 aliphatic heterocycles. The van der Waals surface area contributed by atoms with Gasteiger partial charge in [-0.15, -0.1) is 0 Å². The lowest BCUT2D eigenvalue weighted by atomic mass is 10.1. The molecule has 1 amide bonds. The predicted molar refractivity (Wildman–Crippen MR) is 52.2 cm³/mol. The first-order chi connectivity index (χ1) is 6.63.